The van der Waals surface area contributed by atoms with Gasteiger partial charge in [0.1, 0.15) is 29.5 Å². The minimum absolute atomic E-state index is 0.320. The van der Waals surface area contributed by atoms with Crippen LogP contribution in [0.25, 0.3) is 0 Å². The summed E-state index contributed by atoms with van der Waals surface area (Å²) in [5, 5.41) is 35.2. The molecule has 0 saturated carbocycles. The first-order valence-corrected chi connectivity index (χ1v) is 8.44. The third-order valence-corrected chi connectivity index (χ3v) is 5.70. The van der Waals surface area contributed by atoms with Gasteiger partial charge in [-0.15, -0.1) is 0 Å². The van der Waals surface area contributed by atoms with Crippen molar-refractivity contribution in [2.75, 3.05) is 6.61 Å². The van der Waals surface area contributed by atoms with Crippen LogP contribution in [0, 0.1) is 5.92 Å². The number of carbonyl (C=O) groups excluding carboxylic acids is 2. The van der Waals surface area contributed by atoms with Gasteiger partial charge < -0.3 is 30.1 Å². The maximum absolute atomic E-state index is 11.9. The Morgan fingerprint density at radius 1 is 1.20 bits per heavy atom. The molecule has 6 unspecified atom stereocenters. The van der Waals surface area contributed by atoms with E-state index in [0.717, 1.165) is 0 Å². The lowest BCUT2D eigenvalue weighted by atomic mass is 9.63. The van der Waals surface area contributed by atoms with Gasteiger partial charge in [-0.2, -0.15) is 0 Å². The zero-order valence-electron chi connectivity index (χ0n) is 16.0. The molecule has 0 radical (unpaired) electrons. The van der Waals surface area contributed by atoms with Crippen molar-refractivity contribution in [2.45, 2.75) is 83.5 Å². The van der Waals surface area contributed by atoms with E-state index in [4.69, 9.17) is 9.47 Å². The number of carbonyl (C=O) groups is 2. The predicted octanol–water partition coefficient (Wildman–Crippen LogP) is 0.0798. The number of ether oxygens (including phenoxy) is 2. The SMILES string of the molecule is CCC(C)C(=O)OCC1OC(C)(O)C(C)(NC(C)=O)C(C)(O)C1(C)O. The Kier molecular flexibility index (Phi) is 5.96. The largest absolute Gasteiger partial charge is 0.463 e. The van der Waals surface area contributed by atoms with E-state index in [2.05, 4.69) is 5.32 Å². The summed E-state index contributed by atoms with van der Waals surface area (Å²) < 4.78 is 10.7. The molecular weight excluding hydrogens is 330 g/mol. The number of aliphatic hydroxyl groups is 3. The Bertz CT molecular complexity index is 529. The van der Waals surface area contributed by atoms with Crippen LogP contribution in [0.1, 0.15) is 54.9 Å². The van der Waals surface area contributed by atoms with Gasteiger partial charge in [0.2, 0.25) is 5.91 Å². The van der Waals surface area contributed by atoms with Crippen molar-refractivity contribution in [1.29, 1.82) is 0 Å². The number of hydrogen-bond acceptors (Lipinski definition) is 7. The average Bonchev–Trinajstić information content (AvgIpc) is 2.47. The van der Waals surface area contributed by atoms with Crippen LogP contribution in [0.4, 0.5) is 0 Å². The van der Waals surface area contributed by atoms with Crippen LogP contribution in [-0.2, 0) is 19.1 Å². The number of esters is 1. The molecule has 1 aliphatic rings. The minimum Gasteiger partial charge on any atom is -0.463 e. The molecular formula is C17H31NO7. The lowest BCUT2D eigenvalue weighted by Crippen LogP contribution is -2.85. The van der Waals surface area contributed by atoms with E-state index in [0.29, 0.717) is 6.42 Å². The Balaban J connectivity index is 3.15. The second-order valence-corrected chi connectivity index (χ2v) is 7.55. The van der Waals surface area contributed by atoms with Gasteiger partial charge in [0.25, 0.3) is 0 Å². The van der Waals surface area contributed by atoms with E-state index in [1.54, 1.807) is 6.92 Å². The molecule has 0 aromatic rings. The van der Waals surface area contributed by atoms with Gasteiger partial charge >= 0.3 is 5.97 Å². The van der Waals surface area contributed by atoms with Crippen molar-refractivity contribution in [3.63, 3.8) is 0 Å². The molecule has 4 N–H and O–H groups in total. The summed E-state index contributed by atoms with van der Waals surface area (Å²) in [4.78, 5) is 23.5. The van der Waals surface area contributed by atoms with Crippen molar-refractivity contribution in [3.05, 3.63) is 0 Å². The Morgan fingerprint density at radius 2 is 1.72 bits per heavy atom. The second kappa shape index (κ2) is 6.83. The van der Waals surface area contributed by atoms with Crippen LogP contribution in [0.3, 0.4) is 0 Å². The molecule has 1 fully saturated rings. The Labute approximate surface area is 148 Å². The monoisotopic (exact) mass is 361 g/mol. The van der Waals surface area contributed by atoms with E-state index < -0.39 is 40.5 Å². The van der Waals surface area contributed by atoms with Gasteiger partial charge in [-0.05, 0) is 34.1 Å². The van der Waals surface area contributed by atoms with Crippen molar-refractivity contribution in [1.82, 2.24) is 5.32 Å². The third kappa shape index (κ3) is 3.53. The van der Waals surface area contributed by atoms with Crippen LogP contribution in [0.15, 0.2) is 0 Å². The first-order valence-electron chi connectivity index (χ1n) is 8.44. The summed E-state index contributed by atoms with van der Waals surface area (Å²) >= 11 is 0. The maximum Gasteiger partial charge on any atom is 0.308 e. The normalized spacial score (nSPS) is 42.6. The molecule has 1 rings (SSSR count). The molecule has 0 bridgehead atoms. The Hall–Kier alpha value is -1.22. The summed E-state index contributed by atoms with van der Waals surface area (Å²) in [6.07, 6.45) is -0.608. The van der Waals surface area contributed by atoms with Crippen molar-refractivity contribution >= 4 is 11.9 Å². The molecule has 25 heavy (non-hydrogen) atoms. The first-order chi connectivity index (χ1) is 11.1. The molecule has 1 amide bonds. The average molecular weight is 361 g/mol. The molecule has 1 saturated heterocycles. The molecule has 146 valence electrons. The van der Waals surface area contributed by atoms with Gasteiger partial charge in [0.05, 0.1) is 5.92 Å². The fraction of sp³-hybridized carbons (Fsp3) is 0.882. The van der Waals surface area contributed by atoms with Gasteiger partial charge in [0, 0.05) is 6.92 Å². The minimum atomic E-state index is -2.03. The number of rotatable bonds is 5. The standard InChI is InChI=1S/C17H31NO7/c1-8-10(2)13(20)24-9-12-14(4,21)16(6,22)15(5,18-11(3)19)17(7,23)25-12/h10,12,21-23H,8-9H2,1-7H3,(H,18,19). The highest BCUT2D eigenvalue weighted by atomic mass is 16.7. The fourth-order valence-corrected chi connectivity index (χ4v) is 3.03. The zero-order valence-corrected chi connectivity index (χ0v) is 16.0. The number of amides is 1. The highest BCUT2D eigenvalue weighted by molar-refractivity contribution is 5.74. The number of hydrogen-bond donors (Lipinski definition) is 4. The van der Waals surface area contributed by atoms with Crippen LogP contribution >= 0.6 is 0 Å². The topological polar surface area (TPSA) is 125 Å². The van der Waals surface area contributed by atoms with Crippen LogP contribution in [-0.4, -0.2) is 62.4 Å². The molecule has 8 heteroatoms. The summed E-state index contributed by atoms with van der Waals surface area (Å²) in [6, 6.07) is 0. The quantitative estimate of drug-likeness (QED) is 0.511. The molecule has 0 aromatic carbocycles. The summed E-state index contributed by atoms with van der Waals surface area (Å²) in [5.41, 5.74) is -5.64. The molecule has 1 aliphatic heterocycles. The van der Waals surface area contributed by atoms with Crippen LogP contribution in [0.2, 0.25) is 0 Å². The van der Waals surface area contributed by atoms with Gasteiger partial charge in [-0.1, -0.05) is 13.8 Å². The summed E-state index contributed by atoms with van der Waals surface area (Å²) in [7, 11) is 0. The highest BCUT2D eigenvalue weighted by Crippen LogP contribution is 2.48. The van der Waals surface area contributed by atoms with Crippen molar-refractivity contribution in [3.8, 4) is 0 Å². The highest BCUT2D eigenvalue weighted by Gasteiger charge is 2.70. The van der Waals surface area contributed by atoms with Gasteiger partial charge in [-0.3, -0.25) is 9.59 Å². The summed E-state index contributed by atoms with van der Waals surface area (Å²) in [6.45, 7) is 9.69. The van der Waals surface area contributed by atoms with E-state index in [9.17, 15) is 24.9 Å². The first kappa shape index (κ1) is 21.8. The maximum atomic E-state index is 11.9. The zero-order chi connectivity index (χ0) is 19.8. The van der Waals surface area contributed by atoms with Crippen LogP contribution < -0.4 is 5.32 Å². The van der Waals surface area contributed by atoms with E-state index in [1.165, 1.54) is 34.6 Å². The van der Waals surface area contributed by atoms with Crippen LogP contribution in [0.5, 0.6) is 0 Å². The molecule has 1 heterocycles. The third-order valence-electron chi connectivity index (χ3n) is 5.70. The van der Waals surface area contributed by atoms with Crippen molar-refractivity contribution < 1.29 is 34.4 Å². The van der Waals surface area contributed by atoms with E-state index >= 15 is 0 Å². The smallest absolute Gasteiger partial charge is 0.308 e. The molecule has 6 atom stereocenters. The lowest BCUT2D eigenvalue weighted by Gasteiger charge is -2.62. The summed E-state index contributed by atoms with van der Waals surface area (Å²) in [5.74, 6) is -3.32. The molecule has 8 nitrogen and oxygen atoms in total. The fourth-order valence-electron chi connectivity index (χ4n) is 3.03. The number of nitrogens with one attached hydrogen (secondary N) is 1. The van der Waals surface area contributed by atoms with Crippen molar-refractivity contribution in [2.24, 2.45) is 5.92 Å². The molecule has 0 aromatic heterocycles. The second-order valence-electron chi connectivity index (χ2n) is 7.55. The van der Waals surface area contributed by atoms with Gasteiger partial charge in [-0.25, -0.2) is 0 Å². The van der Waals surface area contributed by atoms with E-state index in [-0.39, 0.29) is 12.5 Å². The van der Waals surface area contributed by atoms with Gasteiger partial charge in [0.15, 0.2) is 5.79 Å². The van der Waals surface area contributed by atoms with E-state index in [1.807, 2.05) is 6.92 Å². The lowest BCUT2D eigenvalue weighted by molar-refractivity contribution is -0.386. The molecule has 0 aliphatic carbocycles. The molecule has 0 spiro atoms. The Morgan fingerprint density at radius 3 is 2.16 bits per heavy atom. The predicted molar refractivity (Wildman–Crippen MR) is 89.4 cm³/mol.